The van der Waals surface area contributed by atoms with Gasteiger partial charge in [-0.05, 0) is 27.7 Å². The second-order valence-corrected chi connectivity index (χ2v) is 3.67. The lowest BCUT2D eigenvalue weighted by molar-refractivity contribution is -0.131. The van der Waals surface area contributed by atoms with Gasteiger partial charge in [0.1, 0.15) is 11.6 Å². The molecular weight excluding hydrogens is 177 g/mol. The fourth-order valence-electron chi connectivity index (χ4n) is 0.541. The van der Waals surface area contributed by atoms with Gasteiger partial charge in [-0.3, -0.25) is 4.79 Å². The van der Waals surface area contributed by atoms with Crippen molar-refractivity contribution in [3.05, 3.63) is 0 Å². The Morgan fingerprint density at radius 3 is 2.15 bits per heavy atom. The Kier molecular flexibility index (Phi) is 3.84. The molecule has 0 aliphatic carbocycles. The van der Waals surface area contributed by atoms with Gasteiger partial charge in [0, 0.05) is 0 Å². The summed E-state index contributed by atoms with van der Waals surface area (Å²) in [6, 6.07) is -2.75. The van der Waals surface area contributed by atoms with E-state index in [9.17, 15) is 14.0 Å². The molecule has 0 rings (SSSR count). The second-order valence-electron chi connectivity index (χ2n) is 3.67. The van der Waals surface area contributed by atoms with Crippen LogP contribution in [0.2, 0.25) is 0 Å². The molecule has 0 fully saturated rings. The largest absolute Gasteiger partial charge is 0.444 e. The van der Waals surface area contributed by atoms with Gasteiger partial charge in [-0.15, -0.1) is 0 Å². The van der Waals surface area contributed by atoms with Gasteiger partial charge in [0.05, 0.1) is 0 Å². The lowest BCUT2D eigenvalue weighted by Crippen LogP contribution is -2.40. The Labute approximate surface area is 76.4 Å². The number of hydrogen-bond acceptors (Lipinski definition) is 3. The van der Waals surface area contributed by atoms with Crippen molar-refractivity contribution in [3.63, 3.8) is 0 Å². The van der Waals surface area contributed by atoms with Crippen LogP contribution in [0.15, 0.2) is 0 Å². The predicted molar refractivity (Wildman–Crippen MR) is 44.9 cm³/mol. The Hall–Kier alpha value is -1.13. The highest BCUT2D eigenvalue weighted by Gasteiger charge is 2.20. The molecule has 0 aliphatic heterocycles. The number of nitrogens with one attached hydrogen (secondary N) is 1. The molecule has 4 nitrogen and oxygen atoms in total. The summed E-state index contributed by atoms with van der Waals surface area (Å²) in [5, 5.41) is 2.05. The van der Waals surface area contributed by atoms with E-state index in [1.165, 1.54) is 6.92 Å². The molecule has 1 N–H and O–H groups in total. The van der Waals surface area contributed by atoms with Crippen LogP contribution in [-0.4, -0.2) is 23.8 Å². The van der Waals surface area contributed by atoms with Gasteiger partial charge in [0.25, 0.3) is 0 Å². The number of ether oxygens (including phenoxy) is 1. The summed E-state index contributed by atoms with van der Waals surface area (Å²) in [5.41, 5.74) is -0.650. The molecule has 0 aromatic rings. The molecule has 0 saturated heterocycles. The third kappa shape index (κ3) is 6.07. The smallest absolute Gasteiger partial charge is 0.408 e. The number of halogens is 1. The number of amides is 1. The molecule has 0 aromatic heterocycles. The standard InChI is InChI=1S/C8H14FNO3/c1-5(6(9)11)10-7(12)13-8(2,3)4/h5H,1-4H3,(H,10,12). The van der Waals surface area contributed by atoms with E-state index < -0.39 is 23.8 Å². The molecule has 13 heavy (non-hydrogen) atoms. The fourth-order valence-corrected chi connectivity index (χ4v) is 0.541. The van der Waals surface area contributed by atoms with Crippen molar-refractivity contribution in [3.8, 4) is 0 Å². The summed E-state index contributed by atoms with van der Waals surface area (Å²) in [4.78, 5) is 21.0. The van der Waals surface area contributed by atoms with E-state index >= 15 is 0 Å². The molecule has 5 heteroatoms. The van der Waals surface area contributed by atoms with Gasteiger partial charge in [-0.1, -0.05) is 0 Å². The van der Waals surface area contributed by atoms with E-state index in [0.29, 0.717) is 0 Å². The highest BCUT2D eigenvalue weighted by molar-refractivity contribution is 5.80. The van der Waals surface area contributed by atoms with Crippen LogP contribution < -0.4 is 5.32 Å². The zero-order valence-electron chi connectivity index (χ0n) is 8.18. The molecule has 0 bridgehead atoms. The summed E-state index contributed by atoms with van der Waals surface area (Å²) in [5.74, 6) is 0. The van der Waals surface area contributed by atoms with Crippen LogP contribution >= 0.6 is 0 Å². The lowest BCUT2D eigenvalue weighted by Gasteiger charge is -2.20. The van der Waals surface area contributed by atoms with Crippen LogP contribution in [-0.2, 0) is 9.53 Å². The normalized spacial score (nSPS) is 13.3. The number of rotatable bonds is 2. The minimum Gasteiger partial charge on any atom is -0.444 e. The second kappa shape index (κ2) is 4.20. The maximum atomic E-state index is 12.0. The summed E-state index contributed by atoms with van der Waals surface area (Å²) in [6.07, 6.45) is -0.800. The summed E-state index contributed by atoms with van der Waals surface area (Å²) in [7, 11) is 0. The first kappa shape index (κ1) is 11.9. The molecule has 0 radical (unpaired) electrons. The SMILES string of the molecule is CC(NC(=O)OC(C)(C)C)C(=O)F. The molecule has 0 aromatic carbocycles. The Bertz CT molecular complexity index is 210. The molecule has 0 saturated carbocycles. The van der Waals surface area contributed by atoms with Crippen molar-refractivity contribution in [1.82, 2.24) is 5.32 Å². The lowest BCUT2D eigenvalue weighted by atomic mass is 10.2. The van der Waals surface area contributed by atoms with Crippen molar-refractivity contribution < 1.29 is 18.7 Å². The van der Waals surface area contributed by atoms with Crippen LogP contribution in [0.4, 0.5) is 9.18 Å². The molecule has 1 amide bonds. The van der Waals surface area contributed by atoms with E-state index in [0.717, 1.165) is 0 Å². The summed E-state index contributed by atoms with van der Waals surface area (Å²) in [6.45, 7) is 6.27. The van der Waals surface area contributed by atoms with E-state index in [4.69, 9.17) is 4.74 Å². The first-order valence-electron chi connectivity index (χ1n) is 3.91. The molecular formula is C8H14FNO3. The van der Waals surface area contributed by atoms with Gasteiger partial charge in [0.2, 0.25) is 0 Å². The van der Waals surface area contributed by atoms with Gasteiger partial charge >= 0.3 is 12.1 Å². The molecule has 0 aliphatic rings. The van der Waals surface area contributed by atoms with Crippen molar-refractivity contribution in [2.24, 2.45) is 0 Å². The van der Waals surface area contributed by atoms with Crippen molar-refractivity contribution in [1.29, 1.82) is 0 Å². The van der Waals surface area contributed by atoms with E-state index in [-0.39, 0.29) is 0 Å². The molecule has 1 unspecified atom stereocenters. The third-order valence-corrected chi connectivity index (χ3v) is 1.07. The van der Waals surface area contributed by atoms with Gasteiger partial charge < -0.3 is 10.1 Å². The first-order chi connectivity index (χ1) is 5.72. The van der Waals surface area contributed by atoms with Crippen LogP contribution in [0.25, 0.3) is 0 Å². The molecule has 1 atom stereocenters. The average Bonchev–Trinajstić information content (AvgIpc) is 1.81. The fraction of sp³-hybridized carbons (Fsp3) is 0.750. The topological polar surface area (TPSA) is 55.4 Å². The van der Waals surface area contributed by atoms with E-state index in [1.54, 1.807) is 20.8 Å². The maximum Gasteiger partial charge on any atom is 0.408 e. The minimum atomic E-state index is -1.59. The highest BCUT2D eigenvalue weighted by atomic mass is 19.1. The molecule has 76 valence electrons. The first-order valence-corrected chi connectivity index (χ1v) is 3.91. The number of carbonyl (C=O) groups excluding carboxylic acids is 2. The summed E-state index contributed by atoms with van der Waals surface area (Å²) < 4.78 is 16.8. The van der Waals surface area contributed by atoms with Crippen LogP contribution in [0.3, 0.4) is 0 Å². The Balaban J connectivity index is 3.96. The van der Waals surface area contributed by atoms with Crippen molar-refractivity contribution in [2.45, 2.75) is 39.3 Å². The molecule has 0 heterocycles. The van der Waals surface area contributed by atoms with Crippen LogP contribution in [0, 0.1) is 0 Å². The van der Waals surface area contributed by atoms with Gasteiger partial charge in [0.15, 0.2) is 0 Å². The van der Waals surface area contributed by atoms with Gasteiger partial charge in [-0.2, -0.15) is 4.39 Å². The van der Waals surface area contributed by atoms with Crippen LogP contribution in [0.5, 0.6) is 0 Å². The monoisotopic (exact) mass is 191 g/mol. The zero-order valence-corrected chi connectivity index (χ0v) is 8.18. The van der Waals surface area contributed by atoms with Crippen molar-refractivity contribution >= 4 is 12.1 Å². The van der Waals surface area contributed by atoms with Gasteiger partial charge in [-0.25, -0.2) is 4.79 Å². The number of carbonyl (C=O) groups is 2. The third-order valence-electron chi connectivity index (χ3n) is 1.07. The van der Waals surface area contributed by atoms with E-state index in [1.807, 2.05) is 0 Å². The quantitative estimate of drug-likeness (QED) is 0.671. The summed E-state index contributed by atoms with van der Waals surface area (Å²) >= 11 is 0. The minimum absolute atomic E-state index is 0.650. The zero-order chi connectivity index (χ0) is 10.6. The Morgan fingerprint density at radius 1 is 1.38 bits per heavy atom. The average molecular weight is 191 g/mol. The van der Waals surface area contributed by atoms with E-state index in [2.05, 4.69) is 5.32 Å². The van der Waals surface area contributed by atoms with Crippen molar-refractivity contribution in [2.75, 3.05) is 0 Å². The Morgan fingerprint density at radius 2 is 1.85 bits per heavy atom. The molecule has 0 spiro atoms. The van der Waals surface area contributed by atoms with Crippen LogP contribution in [0.1, 0.15) is 27.7 Å². The highest BCUT2D eigenvalue weighted by Crippen LogP contribution is 2.06. The number of hydrogen-bond donors (Lipinski definition) is 1. The predicted octanol–water partition coefficient (Wildman–Crippen LogP) is 1.40. The number of alkyl carbamates (subject to hydrolysis) is 1. The maximum absolute atomic E-state index is 12.0.